The highest BCUT2D eigenvalue weighted by atomic mass is 32.2. The van der Waals surface area contributed by atoms with Gasteiger partial charge in [0, 0.05) is 19.4 Å². The van der Waals surface area contributed by atoms with Crippen molar-refractivity contribution < 1.29 is 22.6 Å². The molecule has 0 aliphatic carbocycles. The maximum absolute atomic E-state index is 10.9. The fourth-order valence-corrected chi connectivity index (χ4v) is 2.19. The summed E-state index contributed by atoms with van der Waals surface area (Å²) in [6.07, 6.45) is 4.14. The van der Waals surface area contributed by atoms with Gasteiger partial charge in [-0.1, -0.05) is 13.3 Å². The zero-order valence-corrected chi connectivity index (χ0v) is 14.3. The zero-order valence-electron chi connectivity index (χ0n) is 13.4. The summed E-state index contributed by atoms with van der Waals surface area (Å²) in [6.45, 7) is 7.37. The molecule has 0 fully saturated rings. The van der Waals surface area contributed by atoms with Gasteiger partial charge in [-0.3, -0.25) is 0 Å². The molecule has 21 heavy (non-hydrogen) atoms. The van der Waals surface area contributed by atoms with Crippen LogP contribution in [0.2, 0.25) is 0 Å². The third-order valence-electron chi connectivity index (χ3n) is 2.68. The molecule has 6 nitrogen and oxygen atoms in total. The molecule has 0 saturated heterocycles. The third-order valence-corrected chi connectivity index (χ3v) is 3.71. The lowest BCUT2D eigenvalue weighted by molar-refractivity contribution is 0.0147. The second kappa shape index (κ2) is 14.7. The van der Waals surface area contributed by atoms with E-state index in [4.69, 9.17) is 14.2 Å². The van der Waals surface area contributed by atoms with Crippen LogP contribution < -0.4 is 5.32 Å². The first kappa shape index (κ1) is 20.8. The van der Waals surface area contributed by atoms with E-state index >= 15 is 0 Å². The van der Waals surface area contributed by atoms with Crippen molar-refractivity contribution in [1.29, 1.82) is 0 Å². The van der Waals surface area contributed by atoms with Crippen LogP contribution in [0.25, 0.3) is 0 Å². The molecule has 0 bridgehead atoms. The molecule has 0 aliphatic rings. The lowest BCUT2D eigenvalue weighted by atomic mass is 10.4. The van der Waals surface area contributed by atoms with Gasteiger partial charge in [-0.2, -0.15) is 0 Å². The Bertz CT molecular complexity index is 308. The van der Waals surface area contributed by atoms with E-state index in [1.165, 1.54) is 6.26 Å². The van der Waals surface area contributed by atoms with Crippen molar-refractivity contribution in [2.24, 2.45) is 0 Å². The summed E-state index contributed by atoms with van der Waals surface area (Å²) in [5.41, 5.74) is 0. The van der Waals surface area contributed by atoms with E-state index in [2.05, 4.69) is 12.2 Å². The van der Waals surface area contributed by atoms with Gasteiger partial charge >= 0.3 is 0 Å². The highest BCUT2D eigenvalue weighted by Crippen LogP contribution is 1.88. The summed E-state index contributed by atoms with van der Waals surface area (Å²) < 4.78 is 37.9. The van der Waals surface area contributed by atoms with Crippen molar-refractivity contribution in [3.63, 3.8) is 0 Å². The van der Waals surface area contributed by atoms with Crippen molar-refractivity contribution in [2.75, 3.05) is 64.7 Å². The zero-order chi connectivity index (χ0) is 15.8. The summed E-state index contributed by atoms with van der Waals surface area (Å²) in [6, 6.07) is 0. The fraction of sp³-hybridized carbons (Fsp3) is 1.00. The highest BCUT2D eigenvalue weighted by molar-refractivity contribution is 7.90. The Kier molecular flexibility index (Phi) is 14.6. The molecule has 0 radical (unpaired) electrons. The standard InChI is InChI=1S/C14H31NO5S/c1-3-4-8-18-10-12-20-13-11-19-9-7-15-6-5-14-21(2,16)17/h15H,3-14H2,1-2H3. The molecule has 0 aliphatic heterocycles. The molecular weight excluding hydrogens is 294 g/mol. The second-order valence-corrected chi connectivity index (χ2v) is 7.18. The van der Waals surface area contributed by atoms with Crippen LogP contribution >= 0.6 is 0 Å². The Balaban J connectivity index is 3.03. The topological polar surface area (TPSA) is 73.9 Å². The second-order valence-electron chi connectivity index (χ2n) is 4.92. The van der Waals surface area contributed by atoms with E-state index in [0.717, 1.165) is 26.0 Å². The van der Waals surface area contributed by atoms with Gasteiger partial charge in [0.25, 0.3) is 0 Å². The Labute approximate surface area is 129 Å². The van der Waals surface area contributed by atoms with Crippen molar-refractivity contribution in [2.45, 2.75) is 26.2 Å². The van der Waals surface area contributed by atoms with Gasteiger partial charge in [0.1, 0.15) is 9.84 Å². The average molecular weight is 325 g/mol. The Morgan fingerprint density at radius 2 is 1.38 bits per heavy atom. The Morgan fingerprint density at radius 3 is 1.95 bits per heavy atom. The maximum atomic E-state index is 10.9. The molecule has 7 heteroatoms. The highest BCUT2D eigenvalue weighted by Gasteiger charge is 2.00. The van der Waals surface area contributed by atoms with E-state index in [9.17, 15) is 8.42 Å². The quantitative estimate of drug-likeness (QED) is 0.424. The van der Waals surface area contributed by atoms with Crippen LogP contribution in [0, 0.1) is 0 Å². The maximum Gasteiger partial charge on any atom is 0.147 e. The lowest BCUT2D eigenvalue weighted by Gasteiger charge is -2.07. The van der Waals surface area contributed by atoms with Crippen molar-refractivity contribution in [3.05, 3.63) is 0 Å². The van der Waals surface area contributed by atoms with Crippen LogP contribution in [0.4, 0.5) is 0 Å². The molecule has 128 valence electrons. The molecule has 0 unspecified atom stereocenters. The van der Waals surface area contributed by atoms with Gasteiger partial charge in [0.15, 0.2) is 0 Å². The minimum Gasteiger partial charge on any atom is -0.379 e. The SMILES string of the molecule is CCCCOCCOCCOCCNCCCS(C)(=O)=O. The Hall–Kier alpha value is -0.210. The first-order chi connectivity index (χ1) is 10.1. The number of nitrogens with one attached hydrogen (secondary N) is 1. The number of sulfone groups is 1. The van der Waals surface area contributed by atoms with Crippen LogP contribution in [0.15, 0.2) is 0 Å². The summed E-state index contributed by atoms with van der Waals surface area (Å²) >= 11 is 0. The predicted octanol–water partition coefficient (Wildman–Crippen LogP) is 0.861. The molecule has 0 aromatic heterocycles. The molecule has 0 rings (SSSR count). The molecule has 0 atom stereocenters. The van der Waals surface area contributed by atoms with Gasteiger partial charge in [0.2, 0.25) is 0 Å². The van der Waals surface area contributed by atoms with Crippen LogP contribution in [0.1, 0.15) is 26.2 Å². The van der Waals surface area contributed by atoms with E-state index in [0.29, 0.717) is 46.0 Å². The van der Waals surface area contributed by atoms with E-state index < -0.39 is 9.84 Å². The summed E-state index contributed by atoms with van der Waals surface area (Å²) in [4.78, 5) is 0. The summed E-state index contributed by atoms with van der Waals surface area (Å²) in [5.74, 6) is 0.231. The summed E-state index contributed by atoms with van der Waals surface area (Å²) in [7, 11) is -2.84. The van der Waals surface area contributed by atoms with E-state index in [1.54, 1.807) is 0 Å². The van der Waals surface area contributed by atoms with Gasteiger partial charge in [-0.05, 0) is 19.4 Å². The van der Waals surface area contributed by atoms with Gasteiger partial charge in [0.05, 0.1) is 38.8 Å². The molecule has 0 saturated carbocycles. The lowest BCUT2D eigenvalue weighted by Crippen LogP contribution is -2.23. The normalized spacial score (nSPS) is 11.9. The molecular formula is C14H31NO5S. The van der Waals surface area contributed by atoms with Crippen molar-refractivity contribution in [1.82, 2.24) is 5.32 Å². The van der Waals surface area contributed by atoms with Crippen molar-refractivity contribution >= 4 is 9.84 Å². The van der Waals surface area contributed by atoms with Crippen LogP contribution in [-0.4, -0.2) is 73.2 Å². The molecule has 0 aromatic rings. The van der Waals surface area contributed by atoms with Gasteiger partial charge in [-0.25, -0.2) is 8.42 Å². The average Bonchev–Trinajstić information content (AvgIpc) is 2.42. The number of hydrogen-bond acceptors (Lipinski definition) is 6. The van der Waals surface area contributed by atoms with Crippen LogP contribution in [-0.2, 0) is 24.0 Å². The molecule has 0 heterocycles. The third kappa shape index (κ3) is 19.8. The minimum absolute atomic E-state index is 0.231. The van der Waals surface area contributed by atoms with E-state index in [1.807, 2.05) is 0 Å². The predicted molar refractivity (Wildman–Crippen MR) is 84.6 cm³/mol. The largest absolute Gasteiger partial charge is 0.379 e. The van der Waals surface area contributed by atoms with Crippen LogP contribution in [0.3, 0.4) is 0 Å². The van der Waals surface area contributed by atoms with Crippen molar-refractivity contribution in [3.8, 4) is 0 Å². The first-order valence-corrected chi connectivity index (χ1v) is 9.74. The Morgan fingerprint density at radius 1 is 0.810 bits per heavy atom. The number of hydrogen-bond donors (Lipinski definition) is 1. The number of unbranched alkanes of at least 4 members (excludes halogenated alkanes) is 1. The van der Waals surface area contributed by atoms with Gasteiger partial charge < -0.3 is 19.5 Å². The molecule has 0 amide bonds. The smallest absolute Gasteiger partial charge is 0.147 e. The fourth-order valence-electron chi connectivity index (χ4n) is 1.52. The van der Waals surface area contributed by atoms with E-state index in [-0.39, 0.29) is 5.75 Å². The first-order valence-electron chi connectivity index (χ1n) is 7.68. The number of ether oxygens (including phenoxy) is 3. The van der Waals surface area contributed by atoms with Crippen LogP contribution in [0.5, 0.6) is 0 Å². The monoisotopic (exact) mass is 325 g/mol. The number of rotatable bonds is 16. The minimum atomic E-state index is -2.84. The van der Waals surface area contributed by atoms with Gasteiger partial charge in [-0.15, -0.1) is 0 Å². The molecule has 0 aromatic carbocycles. The molecule has 0 spiro atoms. The molecule has 1 N–H and O–H groups in total. The summed E-state index contributed by atoms with van der Waals surface area (Å²) in [5, 5.41) is 3.14.